The first-order valence-electron chi connectivity index (χ1n) is 7.59. The Morgan fingerprint density at radius 2 is 1.86 bits per heavy atom. The van der Waals surface area contributed by atoms with Gasteiger partial charge < -0.3 is 4.74 Å². The van der Waals surface area contributed by atoms with E-state index in [9.17, 15) is 30.4 Å². The molecule has 0 aromatic carbocycles. The number of halogens is 5. The van der Waals surface area contributed by atoms with Crippen LogP contribution in [-0.4, -0.2) is 42.8 Å². The second-order valence-electron chi connectivity index (χ2n) is 5.40. The lowest BCUT2D eigenvalue weighted by Crippen LogP contribution is -2.41. The van der Waals surface area contributed by atoms with Crippen LogP contribution < -0.4 is 4.74 Å². The lowest BCUT2D eigenvalue weighted by molar-refractivity contribution is -0.290. The van der Waals surface area contributed by atoms with Crippen molar-refractivity contribution in [2.75, 3.05) is 12.4 Å². The Morgan fingerprint density at radius 3 is 2.43 bits per heavy atom. The number of pyridine rings is 2. The molecular formula is C16H12F5N3O3S. The van der Waals surface area contributed by atoms with Crippen molar-refractivity contribution in [3.63, 3.8) is 0 Å². The summed E-state index contributed by atoms with van der Waals surface area (Å²) in [5.74, 6) is -5.96. The number of nitriles is 1. The van der Waals surface area contributed by atoms with Gasteiger partial charge in [-0.2, -0.15) is 27.2 Å². The van der Waals surface area contributed by atoms with Crippen molar-refractivity contribution in [2.24, 2.45) is 0 Å². The van der Waals surface area contributed by atoms with Crippen molar-refractivity contribution < 1.29 is 35.1 Å². The number of aromatic nitrogens is 2. The van der Waals surface area contributed by atoms with E-state index in [2.05, 4.69) is 14.7 Å². The van der Waals surface area contributed by atoms with Crippen LogP contribution in [0.5, 0.6) is 5.75 Å². The van der Waals surface area contributed by atoms with Crippen LogP contribution in [0, 0.1) is 11.3 Å². The van der Waals surface area contributed by atoms with Crippen LogP contribution in [0.1, 0.15) is 12.6 Å². The van der Waals surface area contributed by atoms with Crippen LogP contribution >= 0.6 is 0 Å². The smallest absolute Gasteiger partial charge is 0.456 e. The molecular weight excluding hydrogens is 409 g/mol. The van der Waals surface area contributed by atoms with Crippen LogP contribution in [0.3, 0.4) is 0 Å². The maximum atomic E-state index is 13.0. The van der Waals surface area contributed by atoms with Crippen molar-refractivity contribution in [2.45, 2.75) is 23.9 Å². The van der Waals surface area contributed by atoms with E-state index in [0.29, 0.717) is 0 Å². The van der Waals surface area contributed by atoms with E-state index in [1.165, 1.54) is 31.3 Å². The molecule has 0 atom stereocenters. The molecule has 2 aromatic rings. The number of sulfone groups is 1. The van der Waals surface area contributed by atoms with Gasteiger partial charge in [-0.25, -0.2) is 13.4 Å². The fourth-order valence-corrected chi connectivity index (χ4v) is 3.06. The SMILES string of the molecule is CCS(=O)(=O)c1cccnc1-c1ccc(OCC(F)(F)C(F)(F)F)c(C#N)n1. The van der Waals surface area contributed by atoms with Crippen LogP contribution in [0.2, 0.25) is 0 Å². The molecule has 28 heavy (non-hydrogen) atoms. The van der Waals surface area contributed by atoms with Gasteiger partial charge in [-0.1, -0.05) is 6.92 Å². The maximum absolute atomic E-state index is 13.0. The number of alkyl halides is 5. The number of hydrogen-bond donors (Lipinski definition) is 0. The molecule has 0 saturated heterocycles. The Morgan fingerprint density at radius 1 is 1.18 bits per heavy atom. The Bertz CT molecular complexity index is 1020. The van der Waals surface area contributed by atoms with Crippen molar-refractivity contribution in [3.8, 4) is 23.2 Å². The molecule has 2 aromatic heterocycles. The minimum atomic E-state index is -5.81. The van der Waals surface area contributed by atoms with E-state index >= 15 is 0 Å². The molecule has 0 radical (unpaired) electrons. The van der Waals surface area contributed by atoms with Gasteiger partial charge in [0.05, 0.1) is 16.3 Å². The molecule has 0 spiro atoms. The summed E-state index contributed by atoms with van der Waals surface area (Å²) in [6.07, 6.45) is -4.53. The summed E-state index contributed by atoms with van der Waals surface area (Å²) in [5, 5.41) is 9.11. The summed E-state index contributed by atoms with van der Waals surface area (Å²) in [4.78, 5) is 7.56. The summed E-state index contributed by atoms with van der Waals surface area (Å²) in [7, 11) is -3.69. The Hall–Kier alpha value is -2.81. The molecule has 2 heterocycles. The minimum Gasteiger partial charge on any atom is -0.484 e. The first-order valence-corrected chi connectivity index (χ1v) is 9.25. The zero-order chi connectivity index (χ0) is 21.2. The topological polar surface area (TPSA) is 92.9 Å². The highest BCUT2D eigenvalue weighted by Crippen LogP contribution is 2.36. The highest BCUT2D eigenvalue weighted by Gasteiger charge is 2.58. The monoisotopic (exact) mass is 421 g/mol. The van der Waals surface area contributed by atoms with E-state index in [4.69, 9.17) is 5.26 Å². The molecule has 0 fully saturated rings. The average Bonchev–Trinajstić information content (AvgIpc) is 2.65. The number of hydrogen-bond acceptors (Lipinski definition) is 6. The molecule has 6 nitrogen and oxygen atoms in total. The second kappa shape index (κ2) is 7.67. The standard InChI is InChI=1S/C16H12F5N3O3S/c1-2-28(25,26)13-4-3-7-23-14(13)10-5-6-12(11(8-22)24-10)27-9-15(17,18)16(19,20)21/h3-7H,2,9H2,1H3. The van der Waals surface area contributed by atoms with Crippen molar-refractivity contribution in [1.29, 1.82) is 5.26 Å². The number of nitrogens with zero attached hydrogens (tertiary/aromatic N) is 3. The minimum absolute atomic E-state index is 0.0842. The van der Waals surface area contributed by atoms with E-state index in [0.717, 1.165) is 12.1 Å². The molecule has 0 N–H and O–H groups in total. The quantitative estimate of drug-likeness (QED) is 0.664. The highest BCUT2D eigenvalue weighted by atomic mass is 32.2. The van der Waals surface area contributed by atoms with Gasteiger partial charge in [0, 0.05) is 6.20 Å². The van der Waals surface area contributed by atoms with Gasteiger partial charge in [0.2, 0.25) is 0 Å². The summed E-state index contributed by atoms with van der Waals surface area (Å²) in [5.41, 5.74) is -0.770. The molecule has 0 aliphatic carbocycles. The average molecular weight is 421 g/mol. The first-order chi connectivity index (χ1) is 12.9. The van der Waals surface area contributed by atoms with E-state index < -0.39 is 40.0 Å². The van der Waals surface area contributed by atoms with Crippen LogP contribution in [0.4, 0.5) is 22.0 Å². The van der Waals surface area contributed by atoms with E-state index in [-0.39, 0.29) is 22.0 Å². The second-order valence-corrected chi connectivity index (χ2v) is 7.65. The van der Waals surface area contributed by atoms with Gasteiger partial charge in [0.15, 0.2) is 27.9 Å². The Kier molecular flexibility index (Phi) is 5.88. The maximum Gasteiger partial charge on any atom is 0.456 e. The van der Waals surface area contributed by atoms with Crippen molar-refractivity contribution in [1.82, 2.24) is 9.97 Å². The van der Waals surface area contributed by atoms with Gasteiger partial charge in [-0.15, -0.1) is 0 Å². The molecule has 0 bridgehead atoms. The van der Waals surface area contributed by atoms with E-state index in [1.54, 1.807) is 0 Å². The fourth-order valence-electron chi connectivity index (χ4n) is 2.01. The zero-order valence-corrected chi connectivity index (χ0v) is 15.0. The zero-order valence-electron chi connectivity index (χ0n) is 14.2. The lowest BCUT2D eigenvalue weighted by Gasteiger charge is -2.20. The van der Waals surface area contributed by atoms with Gasteiger partial charge >= 0.3 is 12.1 Å². The Balaban J connectivity index is 2.42. The predicted molar refractivity (Wildman–Crippen MR) is 86.4 cm³/mol. The van der Waals surface area contributed by atoms with E-state index in [1.807, 2.05) is 0 Å². The van der Waals surface area contributed by atoms with Gasteiger partial charge in [0.1, 0.15) is 11.8 Å². The molecule has 0 unspecified atom stereocenters. The number of ether oxygens (including phenoxy) is 1. The highest BCUT2D eigenvalue weighted by molar-refractivity contribution is 7.91. The molecule has 0 aliphatic heterocycles. The van der Waals surface area contributed by atoms with Crippen molar-refractivity contribution >= 4 is 9.84 Å². The number of rotatable bonds is 6. The summed E-state index contributed by atoms with van der Waals surface area (Å²) < 4.78 is 91.4. The largest absolute Gasteiger partial charge is 0.484 e. The Labute approximate surface area is 156 Å². The lowest BCUT2D eigenvalue weighted by atomic mass is 10.2. The summed E-state index contributed by atoms with van der Waals surface area (Å²) in [6, 6.07) is 6.24. The fraction of sp³-hybridized carbons (Fsp3) is 0.312. The van der Waals surface area contributed by atoms with Crippen LogP contribution in [-0.2, 0) is 9.84 Å². The van der Waals surface area contributed by atoms with Gasteiger partial charge in [-0.3, -0.25) is 4.98 Å². The summed E-state index contributed by atoms with van der Waals surface area (Å²) >= 11 is 0. The third-order valence-corrected chi connectivity index (χ3v) is 5.28. The van der Waals surface area contributed by atoms with Crippen LogP contribution in [0.25, 0.3) is 11.4 Å². The molecule has 0 amide bonds. The first kappa shape index (κ1) is 21.5. The molecule has 12 heteroatoms. The molecule has 2 rings (SSSR count). The summed E-state index contributed by atoms with van der Waals surface area (Å²) in [6.45, 7) is -0.622. The molecule has 150 valence electrons. The third kappa shape index (κ3) is 4.36. The van der Waals surface area contributed by atoms with Crippen LogP contribution in [0.15, 0.2) is 35.4 Å². The van der Waals surface area contributed by atoms with Gasteiger partial charge in [-0.05, 0) is 24.3 Å². The van der Waals surface area contributed by atoms with Gasteiger partial charge in [0.25, 0.3) is 0 Å². The molecule has 0 aliphatic rings. The molecule has 0 saturated carbocycles. The normalized spacial score (nSPS) is 12.5. The van der Waals surface area contributed by atoms with Crippen molar-refractivity contribution in [3.05, 3.63) is 36.2 Å². The predicted octanol–water partition coefficient (Wildman–Crippen LogP) is 3.39. The third-order valence-electron chi connectivity index (χ3n) is 3.52.